The van der Waals surface area contributed by atoms with Crippen molar-refractivity contribution < 1.29 is 9.59 Å². The molecular weight excluding hydrogens is 348 g/mol. The Morgan fingerprint density at radius 3 is 2.50 bits per heavy atom. The van der Waals surface area contributed by atoms with Crippen molar-refractivity contribution in [3.05, 3.63) is 29.3 Å². The fourth-order valence-corrected chi connectivity index (χ4v) is 2.96. The van der Waals surface area contributed by atoms with Crippen LogP contribution in [0.1, 0.15) is 27.2 Å². The maximum atomic E-state index is 12.4. The number of anilines is 1. The van der Waals surface area contributed by atoms with E-state index in [9.17, 15) is 9.59 Å². The molecule has 2 aromatic rings. The van der Waals surface area contributed by atoms with E-state index in [1.54, 1.807) is 12.1 Å². The number of halogens is 1. The number of nitrogens with zero attached hydrogens (tertiary/aromatic N) is 2. The molecule has 8 heteroatoms. The zero-order chi connectivity index (χ0) is 17.7. The lowest BCUT2D eigenvalue weighted by molar-refractivity contribution is -0.126. The summed E-state index contributed by atoms with van der Waals surface area (Å²) in [7, 11) is 0. The van der Waals surface area contributed by atoms with Gasteiger partial charge in [0, 0.05) is 17.5 Å². The van der Waals surface area contributed by atoms with E-state index in [2.05, 4.69) is 20.8 Å². The van der Waals surface area contributed by atoms with Gasteiger partial charge in [0.05, 0.1) is 0 Å². The minimum Gasteiger partial charge on any atom is -0.344 e. The van der Waals surface area contributed by atoms with Crippen LogP contribution in [-0.4, -0.2) is 28.1 Å². The molecule has 0 spiro atoms. The van der Waals surface area contributed by atoms with Gasteiger partial charge in [-0.25, -0.2) is 0 Å². The lowest BCUT2D eigenvalue weighted by Gasteiger charge is -2.22. The van der Waals surface area contributed by atoms with Crippen LogP contribution < -0.4 is 10.6 Å². The summed E-state index contributed by atoms with van der Waals surface area (Å²) in [5.41, 5.74) is 0.873. The molecule has 1 aromatic carbocycles. The molecule has 2 atom stereocenters. The van der Waals surface area contributed by atoms with Crippen molar-refractivity contribution in [2.24, 2.45) is 5.92 Å². The molecule has 1 heterocycles. The van der Waals surface area contributed by atoms with Gasteiger partial charge in [-0.15, -0.1) is 10.2 Å². The molecule has 2 N–H and O–H groups in total. The zero-order valence-electron chi connectivity index (χ0n) is 13.7. The molecule has 0 radical (unpaired) electrons. The summed E-state index contributed by atoms with van der Waals surface area (Å²) in [6.07, 6.45) is 0.768. The first-order valence-corrected chi connectivity index (χ1v) is 8.77. The first-order chi connectivity index (χ1) is 11.4. The van der Waals surface area contributed by atoms with Crippen molar-refractivity contribution in [3.63, 3.8) is 0 Å². The molecule has 0 fully saturated rings. The van der Waals surface area contributed by atoms with Gasteiger partial charge in [0.2, 0.25) is 16.9 Å². The standard InChI is InChI=1S/C16H19ClN4O2S/c1-4-9(2)13(18-10(3)22)14(23)19-16-21-20-15(24-16)11-5-7-12(17)8-6-11/h5-9,13H,4H2,1-3H3,(H,18,22)(H,19,21,23)/t9-,13-/m0/s1. The highest BCUT2D eigenvalue weighted by atomic mass is 35.5. The smallest absolute Gasteiger partial charge is 0.249 e. The Morgan fingerprint density at radius 2 is 1.92 bits per heavy atom. The highest BCUT2D eigenvalue weighted by Crippen LogP contribution is 2.27. The molecule has 6 nitrogen and oxygen atoms in total. The van der Waals surface area contributed by atoms with E-state index in [1.807, 2.05) is 26.0 Å². The summed E-state index contributed by atoms with van der Waals surface area (Å²) in [6, 6.07) is 6.62. The van der Waals surface area contributed by atoms with Gasteiger partial charge < -0.3 is 5.32 Å². The van der Waals surface area contributed by atoms with Crippen LogP contribution in [0.2, 0.25) is 5.02 Å². The van der Waals surface area contributed by atoms with Gasteiger partial charge in [0.25, 0.3) is 0 Å². The molecule has 0 saturated heterocycles. The van der Waals surface area contributed by atoms with E-state index in [-0.39, 0.29) is 17.7 Å². The Hall–Kier alpha value is -1.99. The van der Waals surface area contributed by atoms with Gasteiger partial charge in [-0.3, -0.25) is 14.9 Å². The minimum atomic E-state index is -0.601. The largest absolute Gasteiger partial charge is 0.344 e. The average Bonchev–Trinajstić information content (AvgIpc) is 3.00. The normalized spacial score (nSPS) is 13.2. The second-order valence-electron chi connectivity index (χ2n) is 5.47. The summed E-state index contributed by atoms with van der Waals surface area (Å²) in [5.74, 6) is -0.523. The van der Waals surface area contributed by atoms with Crippen LogP contribution in [0.15, 0.2) is 24.3 Å². The van der Waals surface area contributed by atoms with Crippen molar-refractivity contribution in [2.45, 2.75) is 33.2 Å². The average molecular weight is 367 g/mol. The van der Waals surface area contributed by atoms with E-state index < -0.39 is 6.04 Å². The minimum absolute atomic E-state index is 0.0116. The van der Waals surface area contributed by atoms with E-state index in [0.29, 0.717) is 15.2 Å². The zero-order valence-corrected chi connectivity index (χ0v) is 15.2. The van der Waals surface area contributed by atoms with Crippen molar-refractivity contribution in [1.82, 2.24) is 15.5 Å². The quantitative estimate of drug-likeness (QED) is 0.821. The maximum Gasteiger partial charge on any atom is 0.249 e. The van der Waals surface area contributed by atoms with Crippen molar-refractivity contribution in [2.75, 3.05) is 5.32 Å². The molecule has 128 valence electrons. The van der Waals surface area contributed by atoms with Gasteiger partial charge in [-0.2, -0.15) is 0 Å². The van der Waals surface area contributed by atoms with Crippen LogP contribution in [-0.2, 0) is 9.59 Å². The molecule has 2 amide bonds. The van der Waals surface area contributed by atoms with Crippen LogP contribution in [0, 0.1) is 5.92 Å². The fraction of sp³-hybridized carbons (Fsp3) is 0.375. The van der Waals surface area contributed by atoms with Gasteiger partial charge in [0.1, 0.15) is 11.0 Å². The SMILES string of the molecule is CC[C@H](C)[C@H](NC(C)=O)C(=O)Nc1nnc(-c2ccc(Cl)cc2)s1. The molecule has 0 saturated carbocycles. The molecule has 2 rings (SSSR count). The third-order valence-corrected chi connectivity index (χ3v) is 4.74. The number of nitrogens with one attached hydrogen (secondary N) is 2. The molecule has 24 heavy (non-hydrogen) atoms. The number of hydrogen-bond acceptors (Lipinski definition) is 5. The summed E-state index contributed by atoms with van der Waals surface area (Å²) >= 11 is 7.13. The number of aromatic nitrogens is 2. The van der Waals surface area contributed by atoms with Gasteiger partial charge >= 0.3 is 0 Å². The molecule has 0 bridgehead atoms. The molecule has 0 aliphatic heterocycles. The van der Waals surface area contributed by atoms with Crippen molar-refractivity contribution >= 4 is 39.9 Å². The Kier molecular flexibility index (Phi) is 6.28. The van der Waals surface area contributed by atoms with Crippen LogP contribution in [0.25, 0.3) is 10.6 Å². The molecular formula is C16H19ClN4O2S. The fourth-order valence-electron chi connectivity index (χ4n) is 2.09. The van der Waals surface area contributed by atoms with E-state index in [0.717, 1.165) is 12.0 Å². The highest BCUT2D eigenvalue weighted by Gasteiger charge is 2.25. The van der Waals surface area contributed by atoms with E-state index in [1.165, 1.54) is 18.3 Å². The summed E-state index contributed by atoms with van der Waals surface area (Å²) in [5, 5.41) is 15.2. The number of carbonyl (C=O) groups is 2. The van der Waals surface area contributed by atoms with Crippen LogP contribution in [0.5, 0.6) is 0 Å². The Morgan fingerprint density at radius 1 is 1.25 bits per heavy atom. The molecule has 0 aliphatic carbocycles. The maximum absolute atomic E-state index is 12.4. The predicted octanol–water partition coefficient (Wildman–Crippen LogP) is 3.35. The summed E-state index contributed by atoms with van der Waals surface area (Å²) < 4.78 is 0. The Balaban J connectivity index is 2.11. The van der Waals surface area contributed by atoms with E-state index in [4.69, 9.17) is 11.6 Å². The third-order valence-electron chi connectivity index (χ3n) is 3.60. The number of benzene rings is 1. The van der Waals surface area contributed by atoms with Crippen LogP contribution >= 0.6 is 22.9 Å². The number of carbonyl (C=O) groups excluding carboxylic acids is 2. The first-order valence-electron chi connectivity index (χ1n) is 7.58. The topological polar surface area (TPSA) is 84.0 Å². The monoisotopic (exact) mass is 366 g/mol. The summed E-state index contributed by atoms with van der Waals surface area (Å²) in [4.78, 5) is 23.8. The van der Waals surface area contributed by atoms with E-state index >= 15 is 0 Å². The predicted molar refractivity (Wildman–Crippen MR) is 96.0 cm³/mol. The molecule has 1 aromatic heterocycles. The Labute approximate surface area is 149 Å². The number of rotatable bonds is 6. The number of amides is 2. The Bertz CT molecular complexity index is 717. The summed E-state index contributed by atoms with van der Waals surface area (Å²) in [6.45, 7) is 5.28. The third kappa shape index (κ3) is 4.75. The highest BCUT2D eigenvalue weighted by molar-refractivity contribution is 7.18. The molecule has 0 aliphatic rings. The van der Waals surface area contributed by atoms with Gasteiger partial charge in [-0.05, 0) is 18.1 Å². The van der Waals surface area contributed by atoms with Crippen LogP contribution in [0.3, 0.4) is 0 Å². The van der Waals surface area contributed by atoms with Gasteiger partial charge in [-0.1, -0.05) is 55.3 Å². The van der Waals surface area contributed by atoms with Gasteiger partial charge in [0.15, 0.2) is 0 Å². The first kappa shape index (κ1) is 18.4. The van der Waals surface area contributed by atoms with Crippen molar-refractivity contribution in [3.8, 4) is 10.6 Å². The number of hydrogen-bond donors (Lipinski definition) is 2. The van der Waals surface area contributed by atoms with Crippen molar-refractivity contribution in [1.29, 1.82) is 0 Å². The molecule has 0 unspecified atom stereocenters. The van der Waals surface area contributed by atoms with Crippen LogP contribution in [0.4, 0.5) is 5.13 Å². The lowest BCUT2D eigenvalue weighted by atomic mass is 9.98. The second kappa shape index (κ2) is 8.21. The lowest BCUT2D eigenvalue weighted by Crippen LogP contribution is -2.46. The second-order valence-corrected chi connectivity index (χ2v) is 6.89.